The first kappa shape index (κ1) is 15.3. The van der Waals surface area contributed by atoms with E-state index in [0.29, 0.717) is 31.4 Å². The van der Waals surface area contributed by atoms with Crippen LogP contribution in [0.4, 0.5) is 10.5 Å². The summed E-state index contributed by atoms with van der Waals surface area (Å²) in [6.45, 7) is 5.65. The van der Waals surface area contributed by atoms with Crippen molar-refractivity contribution < 1.29 is 14.1 Å². The van der Waals surface area contributed by atoms with E-state index < -0.39 is 0 Å². The molecular formula is C16H20N4O3. The molecule has 7 nitrogen and oxygen atoms in total. The fourth-order valence-electron chi connectivity index (χ4n) is 2.39. The number of anilines is 1. The fraction of sp³-hybridized carbons (Fsp3) is 0.438. The van der Waals surface area contributed by atoms with Gasteiger partial charge in [0.2, 0.25) is 5.89 Å². The number of benzene rings is 1. The summed E-state index contributed by atoms with van der Waals surface area (Å²) in [7, 11) is 0. The highest BCUT2D eigenvalue weighted by Crippen LogP contribution is 2.19. The molecule has 1 fully saturated rings. The van der Waals surface area contributed by atoms with Crippen molar-refractivity contribution in [1.82, 2.24) is 15.0 Å². The molecule has 0 saturated carbocycles. The number of rotatable bonds is 6. The van der Waals surface area contributed by atoms with Gasteiger partial charge >= 0.3 is 6.09 Å². The fourth-order valence-corrected chi connectivity index (χ4v) is 2.39. The predicted octanol–water partition coefficient (Wildman–Crippen LogP) is 2.76. The van der Waals surface area contributed by atoms with Gasteiger partial charge in [-0.25, -0.2) is 4.79 Å². The Morgan fingerprint density at radius 2 is 2.13 bits per heavy atom. The van der Waals surface area contributed by atoms with Gasteiger partial charge in [-0.05, 0) is 24.6 Å². The van der Waals surface area contributed by atoms with Crippen molar-refractivity contribution in [2.75, 3.05) is 18.5 Å². The molecule has 1 aliphatic rings. The maximum absolute atomic E-state index is 11.4. The molecule has 23 heavy (non-hydrogen) atoms. The highest BCUT2D eigenvalue weighted by atomic mass is 16.6. The number of carbonyl (C=O) groups is 1. The minimum atomic E-state index is -0.246. The molecule has 3 rings (SSSR count). The minimum Gasteiger partial charge on any atom is -0.448 e. The van der Waals surface area contributed by atoms with E-state index in [-0.39, 0.29) is 12.1 Å². The number of carbonyl (C=O) groups excluding carboxylic acids is 1. The number of nitrogens with one attached hydrogen (secondary N) is 1. The van der Waals surface area contributed by atoms with Crippen LogP contribution >= 0.6 is 0 Å². The second-order valence-electron chi connectivity index (χ2n) is 5.50. The SMILES string of the molecule is CCc1noc(C(C)Nc2ccc(CN3CCOC3=O)cc2)n1. The number of nitrogens with zero attached hydrogens (tertiary/aromatic N) is 3. The summed E-state index contributed by atoms with van der Waals surface area (Å²) >= 11 is 0. The molecule has 1 aromatic carbocycles. The number of amides is 1. The molecule has 7 heteroatoms. The Morgan fingerprint density at radius 3 is 2.74 bits per heavy atom. The molecule has 0 aliphatic carbocycles. The smallest absolute Gasteiger partial charge is 0.410 e. The molecule has 2 heterocycles. The Bertz CT molecular complexity index is 668. The number of aryl methyl sites for hydroxylation is 1. The van der Waals surface area contributed by atoms with Crippen molar-refractivity contribution in [3.05, 3.63) is 41.5 Å². The summed E-state index contributed by atoms with van der Waals surface area (Å²) in [4.78, 5) is 17.5. The van der Waals surface area contributed by atoms with Crippen molar-refractivity contribution in [1.29, 1.82) is 0 Å². The van der Waals surface area contributed by atoms with E-state index in [1.54, 1.807) is 4.90 Å². The molecule has 0 bridgehead atoms. The van der Waals surface area contributed by atoms with E-state index >= 15 is 0 Å². The highest BCUT2D eigenvalue weighted by Gasteiger charge is 2.21. The van der Waals surface area contributed by atoms with Crippen LogP contribution in [0.3, 0.4) is 0 Å². The first-order valence-corrected chi connectivity index (χ1v) is 7.75. The number of ether oxygens (including phenoxy) is 1. The zero-order valence-corrected chi connectivity index (χ0v) is 13.3. The van der Waals surface area contributed by atoms with Crippen LogP contribution in [0.1, 0.15) is 37.2 Å². The average Bonchev–Trinajstić information content (AvgIpc) is 3.19. The monoisotopic (exact) mass is 316 g/mol. The van der Waals surface area contributed by atoms with E-state index in [9.17, 15) is 4.79 Å². The van der Waals surface area contributed by atoms with Gasteiger partial charge in [-0.1, -0.05) is 24.2 Å². The first-order valence-electron chi connectivity index (χ1n) is 7.75. The lowest BCUT2D eigenvalue weighted by Gasteiger charge is -2.14. The van der Waals surface area contributed by atoms with E-state index in [1.165, 1.54) is 0 Å². The van der Waals surface area contributed by atoms with Crippen molar-refractivity contribution in [3.63, 3.8) is 0 Å². The van der Waals surface area contributed by atoms with Crippen molar-refractivity contribution in [3.8, 4) is 0 Å². The summed E-state index contributed by atoms with van der Waals surface area (Å²) in [5.41, 5.74) is 2.02. The molecule has 0 radical (unpaired) electrons. The van der Waals surface area contributed by atoms with Gasteiger partial charge in [0.1, 0.15) is 12.6 Å². The zero-order chi connectivity index (χ0) is 16.2. The maximum atomic E-state index is 11.4. The number of hydrogen-bond donors (Lipinski definition) is 1. The summed E-state index contributed by atoms with van der Waals surface area (Å²) in [6.07, 6.45) is 0.507. The molecule has 1 N–H and O–H groups in total. The van der Waals surface area contributed by atoms with Crippen LogP contribution in [0.15, 0.2) is 28.8 Å². The molecule has 1 unspecified atom stereocenters. The molecular weight excluding hydrogens is 296 g/mol. The third kappa shape index (κ3) is 3.61. The topological polar surface area (TPSA) is 80.5 Å². The Balaban J connectivity index is 1.59. The standard InChI is InChI=1S/C16H20N4O3/c1-3-14-18-15(23-19-14)11(2)17-13-6-4-12(5-7-13)10-20-8-9-22-16(20)21/h4-7,11,17H,3,8-10H2,1-2H3. The lowest BCUT2D eigenvalue weighted by molar-refractivity contribution is 0.157. The second kappa shape index (κ2) is 6.68. The second-order valence-corrected chi connectivity index (χ2v) is 5.50. The lowest BCUT2D eigenvalue weighted by atomic mass is 10.2. The molecule has 2 aromatic rings. The Morgan fingerprint density at radius 1 is 1.35 bits per heavy atom. The van der Waals surface area contributed by atoms with Crippen LogP contribution in [0, 0.1) is 0 Å². The minimum absolute atomic E-state index is 0.0674. The molecule has 0 spiro atoms. The van der Waals surface area contributed by atoms with E-state index in [1.807, 2.05) is 38.1 Å². The van der Waals surface area contributed by atoms with Gasteiger partial charge < -0.3 is 19.5 Å². The average molecular weight is 316 g/mol. The summed E-state index contributed by atoms with van der Waals surface area (Å²) < 4.78 is 10.2. The molecule has 122 valence electrons. The molecule has 1 aliphatic heterocycles. The third-order valence-corrected chi connectivity index (χ3v) is 3.73. The van der Waals surface area contributed by atoms with Gasteiger partial charge in [0.05, 0.1) is 6.54 Å². The van der Waals surface area contributed by atoms with Gasteiger partial charge in [0, 0.05) is 18.7 Å². The molecule has 1 saturated heterocycles. The van der Waals surface area contributed by atoms with Gasteiger partial charge in [-0.3, -0.25) is 0 Å². The van der Waals surface area contributed by atoms with Crippen LogP contribution < -0.4 is 5.32 Å². The van der Waals surface area contributed by atoms with Crippen LogP contribution in [0.2, 0.25) is 0 Å². The summed E-state index contributed by atoms with van der Waals surface area (Å²) in [6, 6.07) is 7.87. The van der Waals surface area contributed by atoms with Crippen LogP contribution in [-0.2, 0) is 17.7 Å². The summed E-state index contributed by atoms with van der Waals surface area (Å²) in [5, 5.41) is 7.22. The van der Waals surface area contributed by atoms with Gasteiger partial charge in [0.15, 0.2) is 5.82 Å². The van der Waals surface area contributed by atoms with E-state index in [2.05, 4.69) is 15.5 Å². The van der Waals surface area contributed by atoms with Crippen molar-refractivity contribution >= 4 is 11.8 Å². The summed E-state index contributed by atoms with van der Waals surface area (Å²) in [5.74, 6) is 1.28. The Hall–Kier alpha value is -2.57. The highest BCUT2D eigenvalue weighted by molar-refractivity contribution is 5.69. The van der Waals surface area contributed by atoms with Gasteiger partial charge in [-0.2, -0.15) is 4.98 Å². The largest absolute Gasteiger partial charge is 0.448 e. The first-order chi connectivity index (χ1) is 11.2. The van der Waals surface area contributed by atoms with Gasteiger partial charge in [-0.15, -0.1) is 0 Å². The van der Waals surface area contributed by atoms with E-state index in [4.69, 9.17) is 9.26 Å². The Labute approximate surface area is 134 Å². The molecule has 1 atom stereocenters. The number of hydrogen-bond acceptors (Lipinski definition) is 6. The third-order valence-electron chi connectivity index (χ3n) is 3.73. The lowest BCUT2D eigenvalue weighted by Crippen LogP contribution is -2.23. The van der Waals surface area contributed by atoms with Crippen LogP contribution in [0.25, 0.3) is 0 Å². The molecule has 1 amide bonds. The van der Waals surface area contributed by atoms with Crippen LogP contribution in [-0.4, -0.2) is 34.3 Å². The zero-order valence-electron chi connectivity index (χ0n) is 13.3. The Kier molecular flexibility index (Phi) is 4.45. The van der Waals surface area contributed by atoms with Gasteiger partial charge in [0.25, 0.3) is 0 Å². The maximum Gasteiger partial charge on any atom is 0.410 e. The quantitative estimate of drug-likeness (QED) is 0.882. The molecule has 1 aromatic heterocycles. The van der Waals surface area contributed by atoms with Crippen molar-refractivity contribution in [2.24, 2.45) is 0 Å². The van der Waals surface area contributed by atoms with Crippen LogP contribution in [0.5, 0.6) is 0 Å². The van der Waals surface area contributed by atoms with E-state index in [0.717, 1.165) is 17.7 Å². The predicted molar refractivity (Wildman–Crippen MR) is 83.9 cm³/mol. The van der Waals surface area contributed by atoms with Crippen molar-refractivity contribution in [2.45, 2.75) is 32.9 Å². The normalized spacial score (nSPS) is 15.6. The number of cyclic esters (lactones) is 1. The number of aromatic nitrogens is 2.